The Morgan fingerprint density at radius 3 is 2.60 bits per heavy atom. The van der Waals surface area contributed by atoms with Crippen LogP contribution in [-0.4, -0.2) is 13.2 Å². The molecule has 2 rings (SSSR count). The Morgan fingerprint density at radius 2 is 1.93 bits per heavy atom. The van der Waals surface area contributed by atoms with Gasteiger partial charge in [0.1, 0.15) is 0 Å². The fourth-order valence-corrected chi connectivity index (χ4v) is 1.97. The zero-order valence-corrected chi connectivity index (χ0v) is 9.03. The summed E-state index contributed by atoms with van der Waals surface area (Å²) in [6, 6.07) is 5.52. The summed E-state index contributed by atoms with van der Waals surface area (Å²) in [5.41, 5.74) is 6.38. The van der Waals surface area contributed by atoms with Crippen LogP contribution in [0.5, 0.6) is 11.5 Å². The maximum absolute atomic E-state index is 5.87. The predicted octanol–water partition coefficient (Wildman–Crippen LogP) is 2.60. The van der Waals surface area contributed by atoms with E-state index >= 15 is 0 Å². The molecule has 82 valence electrons. The maximum Gasteiger partial charge on any atom is 0.162 e. The van der Waals surface area contributed by atoms with Crippen LogP contribution in [0.1, 0.15) is 25.7 Å². The minimum absolute atomic E-state index is 0.350. The Bertz CT molecular complexity index is 332. The van der Waals surface area contributed by atoms with Crippen molar-refractivity contribution in [1.82, 2.24) is 0 Å². The Kier molecular flexibility index (Phi) is 2.99. The Labute approximate surface area is 90.2 Å². The molecule has 1 aromatic carbocycles. The van der Waals surface area contributed by atoms with Gasteiger partial charge in [-0.1, -0.05) is 0 Å². The summed E-state index contributed by atoms with van der Waals surface area (Å²) in [5, 5.41) is 0. The predicted molar refractivity (Wildman–Crippen MR) is 60.3 cm³/mol. The van der Waals surface area contributed by atoms with E-state index in [0.717, 1.165) is 24.3 Å². The first kappa shape index (κ1) is 10.1. The van der Waals surface area contributed by atoms with Crippen molar-refractivity contribution in [2.75, 3.05) is 12.8 Å². The number of hydrogen-bond acceptors (Lipinski definition) is 3. The van der Waals surface area contributed by atoms with Crippen LogP contribution in [0, 0.1) is 0 Å². The summed E-state index contributed by atoms with van der Waals surface area (Å²) in [5.74, 6) is 1.53. The molecule has 0 aliphatic heterocycles. The molecule has 15 heavy (non-hydrogen) atoms. The molecule has 3 heteroatoms. The summed E-state index contributed by atoms with van der Waals surface area (Å²) in [6.07, 6.45) is 5.17. The first-order chi connectivity index (χ1) is 7.29. The van der Waals surface area contributed by atoms with E-state index in [2.05, 4.69) is 0 Å². The molecule has 0 atom stereocenters. The van der Waals surface area contributed by atoms with Crippen LogP contribution in [0.15, 0.2) is 18.2 Å². The van der Waals surface area contributed by atoms with Gasteiger partial charge < -0.3 is 15.2 Å². The highest BCUT2D eigenvalue weighted by Crippen LogP contribution is 2.32. The van der Waals surface area contributed by atoms with Crippen molar-refractivity contribution in [2.24, 2.45) is 0 Å². The molecule has 1 aromatic rings. The molecule has 0 aromatic heterocycles. The van der Waals surface area contributed by atoms with Gasteiger partial charge in [-0.2, -0.15) is 0 Å². The van der Waals surface area contributed by atoms with Crippen LogP contribution in [0.2, 0.25) is 0 Å². The third-order valence-electron chi connectivity index (χ3n) is 2.78. The van der Waals surface area contributed by atoms with Gasteiger partial charge in [0, 0.05) is 11.8 Å². The fourth-order valence-electron chi connectivity index (χ4n) is 1.97. The Hall–Kier alpha value is -1.38. The molecule has 1 saturated carbocycles. The third kappa shape index (κ3) is 2.35. The first-order valence-corrected chi connectivity index (χ1v) is 5.40. The number of nitrogen functional groups attached to an aromatic ring is 1. The highest BCUT2D eigenvalue weighted by Gasteiger charge is 2.18. The number of benzene rings is 1. The molecule has 0 heterocycles. The molecule has 1 aliphatic rings. The van der Waals surface area contributed by atoms with E-state index in [0.29, 0.717) is 11.8 Å². The van der Waals surface area contributed by atoms with E-state index in [1.165, 1.54) is 12.8 Å². The monoisotopic (exact) mass is 207 g/mol. The van der Waals surface area contributed by atoms with Crippen LogP contribution >= 0.6 is 0 Å². The lowest BCUT2D eigenvalue weighted by Gasteiger charge is -2.15. The smallest absolute Gasteiger partial charge is 0.162 e. The molecule has 1 aliphatic carbocycles. The Morgan fingerprint density at radius 1 is 1.20 bits per heavy atom. The largest absolute Gasteiger partial charge is 0.493 e. The van der Waals surface area contributed by atoms with E-state index in [-0.39, 0.29) is 0 Å². The van der Waals surface area contributed by atoms with Crippen molar-refractivity contribution >= 4 is 5.69 Å². The zero-order valence-electron chi connectivity index (χ0n) is 9.03. The highest BCUT2D eigenvalue weighted by atomic mass is 16.5. The minimum atomic E-state index is 0.350. The molecule has 0 bridgehead atoms. The van der Waals surface area contributed by atoms with E-state index in [1.807, 2.05) is 12.1 Å². The SMILES string of the molecule is COc1cc(N)ccc1OC1CCCC1. The quantitative estimate of drug-likeness (QED) is 0.775. The average molecular weight is 207 g/mol. The van der Waals surface area contributed by atoms with Gasteiger partial charge in [-0.15, -0.1) is 0 Å². The van der Waals surface area contributed by atoms with Crippen molar-refractivity contribution < 1.29 is 9.47 Å². The highest BCUT2D eigenvalue weighted by molar-refractivity contribution is 5.51. The molecule has 0 spiro atoms. The van der Waals surface area contributed by atoms with Crippen molar-refractivity contribution in [1.29, 1.82) is 0 Å². The number of rotatable bonds is 3. The van der Waals surface area contributed by atoms with Gasteiger partial charge in [-0.3, -0.25) is 0 Å². The van der Waals surface area contributed by atoms with Crippen LogP contribution in [-0.2, 0) is 0 Å². The van der Waals surface area contributed by atoms with Crippen LogP contribution < -0.4 is 15.2 Å². The molecule has 1 fully saturated rings. The zero-order chi connectivity index (χ0) is 10.7. The van der Waals surface area contributed by atoms with Crippen LogP contribution in [0.3, 0.4) is 0 Å². The number of nitrogens with two attached hydrogens (primary N) is 1. The van der Waals surface area contributed by atoms with E-state index in [9.17, 15) is 0 Å². The molecule has 3 nitrogen and oxygen atoms in total. The van der Waals surface area contributed by atoms with Crippen molar-refractivity contribution in [3.8, 4) is 11.5 Å². The van der Waals surface area contributed by atoms with E-state index in [1.54, 1.807) is 13.2 Å². The first-order valence-electron chi connectivity index (χ1n) is 5.40. The second-order valence-corrected chi connectivity index (χ2v) is 3.93. The van der Waals surface area contributed by atoms with E-state index in [4.69, 9.17) is 15.2 Å². The molecule has 0 radical (unpaired) electrons. The van der Waals surface area contributed by atoms with Gasteiger partial charge in [0.05, 0.1) is 13.2 Å². The number of anilines is 1. The van der Waals surface area contributed by atoms with Crippen LogP contribution in [0.25, 0.3) is 0 Å². The maximum atomic E-state index is 5.87. The lowest BCUT2D eigenvalue weighted by molar-refractivity contribution is 0.201. The van der Waals surface area contributed by atoms with Gasteiger partial charge in [0.15, 0.2) is 11.5 Å². The molecular weight excluding hydrogens is 190 g/mol. The second-order valence-electron chi connectivity index (χ2n) is 3.93. The summed E-state index contributed by atoms with van der Waals surface area (Å²) in [6.45, 7) is 0. The van der Waals surface area contributed by atoms with Gasteiger partial charge in [-0.25, -0.2) is 0 Å². The summed E-state index contributed by atoms with van der Waals surface area (Å²) >= 11 is 0. The minimum Gasteiger partial charge on any atom is -0.493 e. The Balaban J connectivity index is 2.12. The van der Waals surface area contributed by atoms with Gasteiger partial charge >= 0.3 is 0 Å². The topological polar surface area (TPSA) is 44.5 Å². The van der Waals surface area contributed by atoms with Crippen LogP contribution in [0.4, 0.5) is 5.69 Å². The lowest BCUT2D eigenvalue weighted by Crippen LogP contribution is -2.11. The molecule has 0 amide bonds. The third-order valence-corrected chi connectivity index (χ3v) is 2.78. The second kappa shape index (κ2) is 4.43. The number of hydrogen-bond donors (Lipinski definition) is 1. The molecule has 0 unspecified atom stereocenters. The lowest BCUT2D eigenvalue weighted by atomic mass is 10.2. The van der Waals surface area contributed by atoms with Crippen molar-refractivity contribution in [3.63, 3.8) is 0 Å². The normalized spacial score (nSPS) is 16.6. The van der Waals surface area contributed by atoms with Gasteiger partial charge in [0.25, 0.3) is 0 Å². The van der Waals surface area contributed by atoms with E-state index < -0.39 is 0 Å². The van der Waals surface area contributed by atoms with Gasteiger partial charge in [-0.05, 0) is 37.8 Å². The van der Waals surface area contributed by atoms with Crippen molar-refractivity contribution in [3.05, 3.63) is 18.2 Å². The number of ether oxygens (including phenoxy) is 2. The molecule has 2 N–H and O–H groups in total. The summed E-state index contributed by atoms with van der Waals surface area (Å²) in [7, 11) is 1.64. The number of methoxy groups -OCH3 is 1. The summed E-state index contributed by atoms with van der Waals surface area (Å²) in [4.78, 5) is 0. The van der Waals surface area contributed by atoms with Crippen molar-refractivity contribution in [2.45, 2.75) is 31.8 Å². The molecule has 0 saturated heterocycles. The standard InChI is InChI=1S/C12H17NO2/c1-14-12-8-9(13)6-7-11(12)15-10-4-2-3-5-10/h6-8,10H,2-5,13H2,1H3. The van der Waals surface area contributed by atoms with Gasteiger partial charge in [0.2, 0.25) is 0 Å². The molecular formula is C12H17NO2. The summed E-state index contributed by atoms with van der Waals surface area (Å²) < 4.78 is 11.1. The fraction of sp³-hybridized carbons (Fsp3) is 0.500. The average Bonchev–Trinajstić information content (AvgIpc) is 2.73.